The maximum atomic E-state index is 11.6. The monoisotopic (exact) mass is 534 g/mol. The van der Waals surface area contributed by atoms with Crippen LogP contribution in [-0.2, 0) is 10.0 Å². The number of sulfonamides is 1. The molecule has 0 bridgehead atoms. The van der Waals surface area contributed by atoms with Crippen molar-refractivity contribution in [2.24, 2.45) is 10.9 Å². The number of aliphatic imine (C=N–C) groups is 1. The number of piperidine rings is 1. The molecule has 0 amide bonds. The molecule has 1 unspecified atom stereocenters. The molecular formula is C20H31IN4O3S. The lowest BCUT2D eigenvalue weighted by Gasteiger charge is -2.29. The molecule has 0 aliphatic carbocycles. The zero-order valence-electron chi connectivity index (χ0n) is 17.2. The van der Waals surface area contributed by atoms with E-state index in [2.05, 4.69) is 23.6 Å². The van der Waals surface area contributed by atoms with Gasteiger partial charge in [0, 0.05) is 31.6 Å². The molecule has 0 radical (unpaired) electrons. The maximum absolute atomic E-state index is 11.6. The number of halogens is 1. The summed E-state index contributed by atoms with van der Waals surface area (Å²) in [6.45, 7) is 6.70. The normalized spacial score (nSPS) is 17.7. The Labute approximate surface area is 190 Å². The van der Waals surface area contributed by atoms with Crippen LogP contribution >= 0.6 is 24.0 Å². The summed E-state index contributed by atoms with van der Waals surface area (Å²) in [7, 11) is -3.08. The van der Waals surface area contributed by atoms with Gasteiger partial charge >= 0.3 is 0 Å². The largest absolute Gasteiger partial charge is 0.459 e. The smallest absolute Gasteiger partial charge is 0.211 e. The van der Waals surface area contributed by atoms with Crippen molar-refractivity contribution in [3.8, 4) is 0 Å². The molecule has 9 heteroatoms. The van der Waals surface area contributed by atoms with Crippen molar-refractivity contribution in [3.63, 3.8) is 0 Å². The Morgan fingerprint density at radius 1 is 1.31 bits per heavy atom. The van der Waals surface area contributed by atoms with Crippen LogP contribution in [0.25, 0.3) is 11.0 Å². The van der Waals surface area contributed by atoms with E-state index in [9.17, 15) is 8.42 Å². The first-order chi connectivity index (χ1) is 13.4. The first-order valence-electron chi connectivity index (χ1n) is 9.85. The highest BCUT2D eigenvalue weighted by Gasteiger charge is 2.24. The Balaban J connectivity index is 0.00000300. The fraction of sp³-hybridized carbons (Fsp3) is 0.550. The zero-order valence-corrected chi connectivity index (χ0v) is 20.4. The summed E-state index contributed by atoms with van der Waals surface area (Å²) in [5.41, 5.74) is 0.880. The second-order valence-electron chi connectivity index (χ2n) is 7.38. The Morgan fingerprint density at radius 2 is 2.00 bits per heavy atom. The first-order valence-corrected chi connectivity index (χ1v) is 11.7. The van der Waals surface area contributed by atoms with E-state index in [0.717, 1.165) is 42.1 Å². The van der Waals surface area contributed by atoms with Gasteiger partial charge < -0.3 is 15.1 Å². The first kappa shape index (κ1) is 23.9. The number of nitrogens with zero attached hydrogens (tertiary/aromatic N) is 2. The van der Waals surface area contributed by atoms with Crippen LogP contribution in [0, 0.1) is 5.92 Å². The van der Waals surface area contributed by atoms with Gasteiger partial charge in [-0.25, -0.2) is 12.7 Å². The van der Waals surface area contributed by atoms with Crippen LogP contribution in [0.2, 0.25) is 0 Å². The molecule has 162 valence electrons. The van der Waals surface area contributed by atoms with Crippen molar-refractivity contribution >= 4 is 50.9 Å². The van der Waals surface area contributed by atoms with E-state index in [1.54, 1.807) is 4.31 Å². The number of furan rings is 1. The molecule has 2 heterocycles. The van der Waals surface area contributed by atoms with Crippen LogP contribution in [0.3, 0.4) is 0 Å². The Hall–Kier alpha value is -1.33. The van der Waals surface area contributed by atoms with Crippen molar-refractivity contribution in [2.45, 2.75) is 32.7 Å². The topological polar surface area (TPSA) is 86.9 Å². The van der Waals surface area contributed by atoms with Gasteiger partial charge in [0.15, 0.2) is 5.96 Å². The average molecular weight is 534 g/mol. The second-order valence-corrected chi connectivity index (χ2v) is 9.36. The fourth-order valence-electron chi connectivity index (χ4n) is 3.46. The predicted molar refractivity (Wildman–Crippen MR) is 128 cm³/mol. The van der Waals surface area contributed by atoms with E-state index >= 15 is 0 Å². The molecule has 29 heavy (non-hydrogen) atoms. The zero-order chi connectivity index (χ0) is 20.1. The van der Waals surface area contributed by atoms with E-state index in [0.29, 0.717) is 25.6 Å². The molecule has 7 nitrogen and oxygen atoms in total. The van der Waals surface area contributed by atoms with Gasteiger partial charge in [0.2, 0.25) is 10.0 Å². The third-order valence-electron chi connectivity index (χ3n) is 5.12. The van der Waals surface area contributed by atoms with Crippen LogP contribution in [0.15, 0.2) is 39.7 Å². The molecule has 0 spiro atoms. The number of nitrogens with one attached hydrogen (secondary N) is 2. The van der Waals surface area contributed by atoms with Crippen molar-refractivity contribution in [2.75, 3.05) is 32.4 Å². The minimum absolute atomic E-state index is 0. The van der Waals surface area contributed by atoms with Crippen LogP contribution in [0.4, 0.5) is 0 Å². The minimum Gasteiger partial charge on any atom is -0.459 e. The van der Waals surface area contributed by atoms with E-state index in [4.69, 9.17) is 9.41 Å². The van der Waals surface area contributed by atoms with E-state index in [1.807, 2.05) is 31.2 Å². The standard InChI is InChI=1S/C20H30N4O3S.HI/c1-4-21-20(22-14-16-9-11-24(12-10-16)28(3,25)26)23-15(2)19-13-17-7-5-6-8-18(17)27-19;/h5-8,13,15-16H,4,9-12,14H2,1-3H3,(H2,21,22,23);1H. The summed E-state index contributed by atoms with van der Waals surface area (Å²) in [4.78, 5) is 4.73. The summed E-state index contributed by atoms with van der Waals surface area (Å²) in [6, 6.07) is 10.0. The van der Waals surface area contributed by atoms with Crippen LogP contribution in [0.5, 0.6) is 0 Å². The fourth-order valence-corrected chi connectivity index (χ4v) is 4.33. The van der Waals surface area contributed by atoms with Crippen LogP contribution in [-0.4, -0.2) is 51.1 Å². The van der Waals surface area contributed by atoms with Crippen molar-refractivity contribution in [1.29, 1.82) is 0 Å². The molecule has 1 fully saturated rings. The number of para-hydroxylation sites is 1. The number of guanidine groups is 1. The SMILES string of the molecule is CCNC(=NCC1CCN(S(C)(=O)=O)CC1)NC(C)c1cc2ccccc2o1.I. The maximum Gasteiger partial charge on any atom is 0.211 e. The van der Waals surface area contributed by atoms with Gasteiger partial charge in [0.05, 0.1) is 12.3 Å². The lowest BCUT2D eigenvalue weighted by Crippen LogP contribution is -2.40. The van der Waals surface area contributed by atoms with Gasteiger partial charge in [-0.15, -0.1) is 24.0 Å². The van der Waals surface area contributed by atoms with Gasteiger partial charge in [-0.05, 0) is 44.7 Å². The number of rotatable bonds is 6. The summed E-state index contributed by atoms with van der Waals surface area (Å²) in [5.74, 6) is 2.02. The summed E-state index contributed by atoms with van der Waals surface area (Å²) >= 11 is 0. The third-order valence-corrected chi connectivity index (χ3v) is 6.42. The molecule has 1 aromatic heterocycles. The Bertz CT molecular complexity index is 888. The number of benzene rings is 1. The molecular weight excluding hydrogens is 503 g/mol. The highest BCUT2D eigenvalue weighted by Crippen LogP contribution is 2.23. The summed E-state index contributed by atoms with van der Waals surface area (Å²) in [6.07, 6.45) is 2.96. The van der Waals surface area contributed by atoms with E-state index in [-0.39, 0.29) is 30.0 Å². The molecule has 0 saturated carbocycles. The van der Waals surface area contributed by atoms with E-state index in [1.165, 1.54) is 6.26 Å². The van der Waals surface area contributed by atoms with E-state index < -0.39 is 10.0 Å². The average Bonchev–Trinajstić information content (AvgIpc) is 3.10. The minimum atomic E-state index is -3.08. The second kappa shape index (κ2) is 10.6. The molecule has 1 saturated heterocycles. The van der Waals surface area contributed by atoms with Crippen LogP contribution in [0.1, 0.15) is 38.5 Å². The molecule has 3 rings (SSSR count). The van der Waals surface area contributed by atoms with Gasteiger partial charge in [0.1, 0.15) is 11.3 Å². The predicted octanol–water partition coefficient (Wildman–Crippen LogP) is 3.34. The molecule has 1 atom stereocenters. The van der Waals surface area contributed by atoms with Gasteiger partial charge in [0.25, 0.3) is 0 Å². The van der Waals surface area contributed by atoms with Crippen molar-refractivity contribution < 1.29 is 12.8 Å². The van der Waals surface area contributed by atoms with Gasteiger partial charge in [-0.2, -0.15) is 0 Å². The van der Waals surface area contributed by atoms with Gasteiger partial charge in [-0.1, -0.05) is 18.2 Å². The number of hydrogen-bond acceptors (Lipinski definition) is 4. The Morgan fingerprint density at radius 3 is 2.62 bits per heavy atom. The molecule has 1 aromatic carbocycles. The summed E-state index contributed by atoms with van der Waals surface area (Å²) < 4.78 is 30.8. The number of hydrogen-bond donors (Lipinski definition) is 2. The lowest BCUT2D eigenvalue weighted by molar-refractivity contribution is 0.280. The third kappa shape index (κ3) is 6.58. The quantitative estimate of drug-likeness (QED) is 0.338. The van der Waals surface area contributed by atoms with Crippen molar-refractivity contribution in [3.05, 3.63) is 36.1 Å². The molecule has 1 aliphatic heterocycles. The van der Waals surface area contributed by atoms with Crippen molar-refractivity contribution in [1.82, 2.24) is 14.9 Å². The highest BCUT2D eigenvalue weighted by atomic mass is 127. The summed E-state index contributed by atoms with van der Waals surface area (Å²) in [5, 5.41) is 7.78. The van der Waals surface area contributed by atoms with Gasteiger partial charge in [-0.3, -0.25) is 4.99 Å². The number of fused-ring (bicyclic) bond motifs is 1. The highest BCUT2D eigenvalue weighted by molar-refractivity contribution is 14.0. The van der Waals surface area contributed by atoms with Crippen LogP contribution < -0.4 is 10.6 Å². The lowest BCUT2D eigenvalue weighted by atomic mass is 9.98. The molecule has 2 aromatic rings. The molecule has 2 N–H and O–H groups in total. The Kier molecular flexibility index (Phi) is 8.77. The molecule has 1 aliphatic rings.